The van der Waals surface area contributed by atoms with Crippen molar-refractivity contribution in [2.45, 2.75) is 23.9 Å². The summed E-state index contributed by atoms with van der Waals surface area (Å²) in [6.07, 6.45) is 5.20. The molecule has 29 heavy (non-hydrogen) atoms. The number of aromatic nitrogens is 5. The average Bonchev–Trinajstić information content (AvgIpc) is 3.32. The van der Waals surface area contributed by atoms with Gasteiger partial charge < -0.3 is 5.32 Å². The molecule has 0 saturated heterocycles. The molecule has 1 atom stereocenters. The molecule has 1 aromatic carbocycles. The summed E-state index contributed by atoms with van der Waals surface area (Å²) >= 11 is 2.81. The van der Waals surface area contributed by atoms with Crippen molar-refractivity contribution in [2.24, 2.45) is 0 Å². The number of benzene rings is 1. The van der Waals surface area contributed by atoms with Gasteiger partial charge in [-0.3, -0.25) is 14.3 Å². The summed E-state index contributed by atoms with van der Waals surface area (Å²) in [6, 6.07) is 11.6. The highest BCUT2D eigenvalue weighted by Crippen LogP contribution is 2.29. The van der Waals surface area contributed by atoms with E-state index in [4.69, 9.17) is 0 Å². The lowest BCUT2D eigenvalue weighted by atomic mass is 10.2. The van der Waals surface area contributed by atoms with Crippen LogP contribution in [0.4, 0.5) is 5.13 Å². The second-order valence-electron chi connectivity index (χ2n) is 6.18. The lowest BCUT2D eigenvalue weighted by Gasteiger charge is -2.11. The molecule has 0 saturated carbocycles. The van der Waals surface area contributed by atoms with Gasteiger partial charge in [-0.2, -0.15) is 0 Å². The molecule has 146 valence electrons. The van der Waals surface area contributed by atoms with Crippen LogP contribution in [0.25, 0.3) is 21.6 Å². The predicted molar refractivity (Wildman–Crippen MR) is 117 cm³/mol. The van der Waals surface area contributed by atoms with Gasteiger partial charge in [0.2, 0.25) is 5.91 Å². The molecule has 0 aliphatic rings. The van der Waals surface area contributed by atoms with Crippen LogP contribution in [0.3, 0.4) is 0 Å². The van der Waals surface area contributed by atoms with E-state index in [1.54, 1.807) is 18.5 Å². The Labute approximate surface area is 175 Å². The number of thioether (sulfide) groups is 1. The van der Waals surface area contributed by atoms with Gasteiger partial charge in [-0.1, -0.05) is 41.3 Å². The zero-order valence-corrected chi connectivity index (χ0v) is 17.3. The smallest absolute Gasteiger partial charge is 0.239 e. The molecule has 4 rings (SSSR count). The second-order valence-corrected chi connectivity index (χ2v) is 8.52. The number of amides is 1. The molecule has 0 aliphatic heterocycles. The number of nitrogens with one attached hydrogen (secondary N) is 1. The van der Waals surface area contributed by atoms with E-state index in [0.29, 0.717) is 22.7 Å². The number of carbonyl (C=O) groups excluding carboxylic acids is 1. The fourth-order valence-corrected chi connectivity index (χ4v) is 4.46. The van der Waals surface area contributed by atoms with Gasteiger partial charge in [0.15, 0.2) is 16.1 Å². The van der Waals surface area contributed by atoms with Gasteiger partial charge in [-0.15, -0.1) is 16.8 Å². The zero-order chi connectivity index (χ0) is 20.2. The van der Waals surface area contributed by atoms with Gasteiger partial charge >= 0.3 is 0 Å². The maximum Gasteiger partial charge on any atom is 0.239 e. The molecule has 0 radical (unpaired) electrons. The summed E-state index contributed by atoms with van der Waals surface area (Å²) in [5.74, 6) is 0.584. The third-order valence-electron chi connectivity index (χ3n) is 4.14. The minimum Gasteiger partial charge on any atom is -0.301 e. The number of pyridine rings is 1. The Morgan fingerprint density at radius 3 is 2.83 bits per heavy atom. The van der Waals surface area contributed by atoms with Gasteiger partial charge in [0.05, 0.1) is 15.5 Å². The Hall–Kier alpha value is -3.04. The number of hydrogen-bond acceptors (Lipinski definition) is 7. The summed E-state index contributed by atoms with van der Waals surface area (Å²) in [5, 5.41) is 12.4. The van der Waals surface area contributed by atoms with Crippen LogP contribution in [0.2, 0.25) is 0 Å². The first-order valence-electron chi connectivity index (χ1n) is 8.93. The highest BCUT2D eigenvalue weighted by Gasteiger charge is 2.21. The third kappa shape index (κ3) is 4.20. The summed E-state index contributed by atoms with van der Waals surface area (Å²) in [4.78, 5) is 21.2. The van der Waals surface area contributed by atoms with E-state index >= 15 is 0 Å². The van der Waals surface area contributed by atoms with Crippen molar-refractivity contribution in [3.05, 3.63) is 61.4 Å². The number of para-hydroxylation sites is 1. The van der Waals surface area contributed by atoms with E-state index in [9.17, 15) is 4.79 Å². The molecule has 7 nitrogen and oxygen atoms in total. The third-order valence-corrected chi connectivity index (χ3v) is 6.17. The van der Waals surface area contributed by atoms with Crippen LogP contribution < -0.4 is 5.32 Å². The van der Waals surface area contributed by atoms with Crippen LogP contribution >= 0.6 is 23.1 Å². The highest BCUT2D eigenvalue weighted by molar-refractivity contribution is 8.00. The van der Waals surface area contributed by atoms with E-state index < -0.39 is 0 Å². The standard InChI is InChI=1S/C20H18N6OS2/c1-3-12-26-17(14-8-10-21-11-9-14)24-25-20(26)28-13(2)18(27)23-19-22-15-6-4-5-7-16(15)29-19/h3-11,13H,1,12H2,2H3,(H,22,23,27)/t13-/m1/s1. The first kappa shape index (κ1) is 19.3. The number of anilines is 1. The Balaban J connectivity index is 1.51. The van der Waals surface area contributed by atoms with Crippen molar-refractivity contribution in [3.63, 3.8) is 0 Å². The van der Waals surface area contributed by atoms with Crippen molar-refractivity contribution in [2.75, 3.05) is 5.32 Å². The highest BCUT2D eigenvalue weighted by atomic mass is 32.2. The molecular formula is C20H18N6OS2. The number of rotatable bonds is 7. The van der Waals surface area contributed by atoms with Crippen LogP contribution in [0.1, 0.15) is 6.92 Å². The topological polar surface area (TPSA) is 85.6 Å². The maximum atomic E-state index is 12.7. The molecule has 0 unspecified atom stereocenters. The Morgan fingerprint density at radius 2 is 2.07 bits per heavy atom. The predicted octanol–water partition coefficient (Wildman–Crippen LogP) is 4.26. The molecule has 0 bridgehead atoms. The van der Waals surface area contributed by atoms with E-state index in [1.807, 2.05) is 47.9 Å². The lowest BCUT2D eigenvalue weighted by Crippen LogP contribution is -2.22. The SMILES string of the molecule is C=CCn1c(S[C@H](C)C(=O)Nc2nc3ccccc3s2)nnc1-c1ccncc1. The number of fused-ring (bicyclic) bond motifs is 1. The fourth-order valence-electron chi connectivity index (χ4n) is 2.73. The van der Waals surface area contributed by atoms with E-state index in [2.05, 4.69) is 32.1 Å². The monoisotopic (exact) mass is 422 g/mol. The van der Waals surface area contributed by atoms with Gasteiger partial charge in [0.1, 0.15) is 0 Å². The van der Waals surface area contributed by atoms with Gasteiger partial charge in [-0.05, 0) is 31.2 Å². The molecule has 0 aliphatic carbocycles. The summed E-state index contributed by atoms with van der Waals surface area (Å²) in [5.41, 5.74) is 1.79. The van der Waals surface area contributed by atoms with Crippen LogP contribution in [-0.2, 0) is 11.3 Å². The summed E-state index contributed by atoms with van der Waals surface area (Å²) in [7, 11) is 0. The molecule has 3 aromatic heterocycles. The lowest BCUT2D eigenvalue weighted by molar-refractivity contribution is -0.115. The van der Waals surface area contributed by atoms with Crippen LogP contribution in [0.5, 0.6) is 0 Å². The van der Waals surface area contributed by atoms with Crippen molar-refractivity contribution >= 4 is 44.4 Å². The minimum atomic E-state index is -0.375. The van der Waals surface area contributed by atoms with Gasteiger partial charge in [-0.25, -0.2) is 4.98 Å². The second kappa shape index (κ2) is 8.54. The largest absolute Gasteiger partial charge is 0.301 e. The molecular weight excluding hydrogens is 404 g/mol. The van der Waals surface area contributed by atoms with E-state index in [1.165, 1.54) is 23.1 Å². The van der Waals surface area contributed by atoms with Gasteiger partial charge in [0.25, 0.3) is 0 Å². The number of carbonyl (C=O) groups is 1. The minimum absolute atomic E-state index is 0.132. The molecule has 9 heteroatoms. The van der Waals surface area contributed by atoms with Crippen LogP contribution in [-0.4, -0.2) is 35.9 Å². The first-order valence-corrected chi connectivity index (χ1v) is 10.6. The number of thiazole rings is 1. The van der Waals surface area contributed by atoms with E-state index in [0.717, 1.165) is 15.8 Å². The Bertz CT molecular complexity index is 1120. The van der Waals surface area contributed by atoms with Crippen molar-refractivity contribution < 1.29 is 4.79 Å². The first-order chi connectivity index (χ1) is 14.2. The number of hydrogen-bond donors (Lipinski definition) is 1. The molecule has 1 amide bonds. The Morgan fingerprint density at radius 1 is 1.28 bits per heavy atom. The molecule has 4 aromatic rings. The normalized spacial score (nSPS) is 12.0. The van der Waals surface area contributed by atoms with Crippen molar-refractivity contribution in [1.29, 1.82) is 0 Å². The molecule has 0 spiro atoms. The van der Waals surface area contributed by atoms with Gasteiger partial charge in [0, 0.05) is 24.5 Å². The van der Waals surface area contributed by atoms with Crippen molar-refractivity contribution in [3.8, 4) is 11.4 Å². The number of allylic oxidation sites excluding steroid dienone is 1. The summed E-state index contributed by atoms with van der Waals surface area (Å²) < 4.78 is 2.98. The molecule has 1 N–H and O–H groups in total. The van der Waals surface area contributed by atoms with E-state index in [-0.39, 0.29) is 11.2 Å². The molecule has 3 heterocycles. The summed E-state index contributed by atoms with van der Waals surface area (Å²) in [6.45, 7) is 6.20. The van der Waals surface area contributed by atoms with Crippen LogP contribution in [0.15, 0.2) is 66.6 Å². The van der Waals surface area contributed by atoms with Crippen molar-refractivity contribution in [1.82, 2.24) is 24.7 Å². The molecule has 0 fully saturated rings. The zero-order valence-electron chi connectivity index (χ0n) is 15.6. The van der Waals surface area contributed by atoms with Crippen LogP contribution in [0, 0.1) is 0 Å². The average molecular weight is 423 g/mol. The number of nitrogens with zero attached hydrogens (tertiary/aromatic N) is 5. The fraction of sp³-hybridized carbons (Fsp3) is 0.150. The maximum absolute atomic E-state index is 12.7. The quantitative estimate of drug-likeness (QED) is 0.354. The Kier molecular flexibility index (Phi) is 5.68.